The van der Waals surface area contributed by atoms with Gasteiger partial charge in [0.05, 0.1) is 18.9 Å². The van der Waals surface area contributed by atoms with Gasteiger partial charge in [0.1, 0.15) is 17.1 Å². The van der Waals surface area contributed by atoms with E-state index < -0.39 is 11.8 Å². The lowest BCUT2D eigenvalue weighted by molar-refractivity contribution is -0.117. The van der Waals surface area contributed by atoms with Gasteiger partial charge in [-0.1, -0.05) is 46.3 Å². The number of aryl methyl sites for hydroxylation is 1. The molecule has 6 nitrogen and oxygen atoms in total. The number of benzene rings is 3. The van der Waals surface area contributed by atoms with Crippen LogP contribution in [0.15, 0.2) is 82.8 Å². The van der Waals surface area contributed by atoms with Crippen molar-refractivity contribution in [3.63, 3.8) is 0 Å². The Balaban J connectivity index is 1.43. The summed E-state index contributed by atoms with van der Waals surface area (Å²) < 4.78 is 12.5. The van der Waals surface area contributed by atoms with Crippen molar-refractivity contribution in [1.82, 2.24) is 5.43 Å². The van der Waals surface area contributed by atoms with Crippen LogP contribution in [0.1, 0.15) is 17.5 Å². The number of hydrazine groups is 1. The number of ether oxygens (including phenoxy) is 2. The van der Waals surface area contributed by atoms with Crippen molar-refractivity contribution in [2.45, 2.75) is 13.3 Å². The second-order valence-corrected chi connectivity index (χ2v) is 8.44. The highest BCUT2D eigenvalue weighted by atomic mass is 79.9. The predicted molar refractivity (Wildman–Crippen MR) is 131 cm³/mol. The molecule has 0 saturated carbocycles. The lowest BCUT2D eigenvalue weighted by Crippen LogP contribution is -2.35. The molecule has 3 aromatic rings. The van der Waals surface area contributed by atoms with Crippen LogP contribution in [0.4, 0.5) is 5.69 Å². The van der Waals surface area contributed by atoms with Gasteiger partial charge in [-0.2, -0.15) is 0 Å². The molecule has 0 aromatic heterocycles. The van der Waals surface area contributed by atoms with Crippen LogP contribution in [0.2, 0.25) is 0 Å². The van der Waals surface area contributed by atoms with Crippen LogP contribution in [0, 0.1) is 6.92 Å². The fraction of sp³-hybridized carbons (Fsp3) is 0.154. The summed E-state index contributed by atoms with van der Waals surface area (Å²) in [6, 6.07) is 22.3. The summed E-state index contributed by atoms with van der Waals surface area (Å²) in [7, 11) is 0. The van der Waals surface area contributed by atoms with E-state index in [0.29, 0.717) is 36.6 Å². The summed E-state index contributed by atoms with van der Waals surface area (Å²) in [5.41, 5.74) is 5.04. The molecule has 33 heavy (non-hydrogen) atoms. The van der Waals surface area contributed by atoms with Crippen molar-refractivity contribution >= 4 is 39.5 Å². The molecule has 7 heteroatoms. The van der Waals surface area contributed by atoms with Crippen LogP contribution >= 0.6 is 15.9 Å². The van der Waals surface area contributed by atoms with Gasteiger partial charge in [0.15, 0.2) is 0 Å². The third-order valence-electron chi connectivity index (χ3n) is 4.98. The average molecular weight is 507 g/mol. The Labute approximate surface area is 200 Å². The van der Waals surface area contributed by atoms with E-state index in [1.807, 2.05) is 55.5 Å². The molecular weight excluding hydrogens is 484 g/mol. The van der Waals surface area contributed by atoms with Crippen LogP contribution in [0.3, 0.4) is 0 Å². The highest BCUT2D eigenvalue weighted by molar-refractivity contribution is 9.10. The van der Waals surface area contributed by atoms with Gasteiger partial charge in [0, 0.05) is 16.5 Å². The number of nitrogens with zero attached hydrogens (tertiary/aromatic N) is 1. The van der Waals surface area contributed by atoms with E-state index in [2.05, 4.69) is 21.4 Å². The van der Waals surface area contributed by atoms with Gasteiger partial charge < -0.3 is 9.47 Å². The minimum Gasteiger partial charge on any atom is -0.493 e. The first kappa shape index (κ1) is 22.6. The molecule has 3 aromatic carbocycles. The topological polar surface area (TPSA) is 67.9 Å². The molecule has 0 spiro atoms. The van der Waals surface area contributed by atoms with E-state index in [-0.39, 0.29) is 5.57 Å². The Bertz CT molecular complexity index is 1190. The van der Waals surface area contributed by atoms with E-state index in [1.165, 1.54) is 5.01 Å². The Hall–Kier alpha value is -3.58. The predicted octanol–water partition coefficient (Wildman–Crippen LogP) is 5.07. The lowest BCUT2D eigenvalue weighted by Gasteiger charge is -2.14. The Morgan fingerprint density at radius 2 is 1.73 bits per heavy atom. The second-order valence-electron chi connectivity index (χ2n) is 7.52. The van der Waals surface area contributed by atoms with Crippen molar-refractivity contribution in [3.8, 4) is 11.5 Å². The SMILES string of the molecule is Cc1cccc(OCCCOc2ccc(Br)cc2C=C2C(=O)NN(c3ccccc3)C2=O)c1. The Morgan fingerprint density at radius 1 is 0.939 bits per heavy atom. The third-order valence-corrected chi connectivity index (χ3v) is 5.48. The average Bonchev–Trinajstić information content (AvgIpc) is 3.09. The number of amides is 2. The number of halogens is 1. The molecule has 1 N–H and O–H groups in total. The number of hydrogen-bond donors (Lipinski definition) is 1. The maximum absolute atomic E-state index is 12.9. The van der Waals surface area contributed by atoms with E-state index in [1.54, 1.807) is 30.3 Å². The summed E-state index contributed by atoms with van der Waals surface area (Å²) in [6.07, 6.45) is 2.24. The van der Waals surface area contributed by atoms with Crippen LogP contribution in [0.5, 0.6) is 11.5 Å². The van der Waals surface area contributed by atoms with E-state index in [4.69, 9.17) is 9.47 Å². The molecule has 168 valence electrons. The Morgan fingerprint density at radius 3 is 2.52 bits per heavy atom. The molecule has 1 aliphatic heterocycles. The van der Waals surface area contributed by atoms with E-state index in [0.717, 1.165) is 15.8 Å². The molecule has 4 rings (SSSR count). The normalized spacial score (nSPS) is 14.5. The van der Waals surface area contributed by atoms with Crippen molar-refractivity contribution in [2.75, 3.05) is 18.2 Å². The van der Waals surface area contributed by atoms with Crippen molar-refractivity contribution in [2.24, 2.45) is 0 Å². The summed E-state index contributed by atoms with van der Waals surface area (Å²) in [4.78, 5) is 25.4. The number of nitrogens with one attached hydrogen (secondary N) is 1. The van der Waals surface area contributed by atoms with Gasteiger partial charge in [-0.25, -0.2) is 5.01 Å². The molecule has 1 fully saturated rings. The molecule has 2 amide bonds. The fourth-order valence-electron chi connectivity index (χ4n) is 3.37. The molecule has 0 unspecified atom stereocenters. The van der Waals surface area contributed by atoms with Crippen LogP contribution < -0.4 is 19.9 Å². The number of rotatable bonds is 8. The van der Waals surface area contributed by atoms with Gasteiger partial charge in [0.25, 0.3) is 11.8 Å². The smallest absolute Gasteiger partial charge is 0.282 e. The second kappa shape index (κ2) is 10.4. The zero-order chi connectivity index (χ0) is 23.2. The minimum atomic E-state index is -0.457. The van der Waals surface area contributed by atoms with Gasteiger partial charge in [0.2, 0.25) is 0 Å². The summed E-state index contributed by atoms with van der Waals surface area (Å²) in [5.74, 6) is 0.544. The third kappa shape index (κ3) is 5.62. The van der Waals surface area contributed by atoms with Gasteiger partial charge >= 0.3 is 0 Å². The van der Waals surface area contributed by atoms with Crippen molar-refractivity contribution in [1.29, 1.82) is 0 Å². The zero-order valence-corrected chi connectivity index (χ0v) is 19.7. The molecule has 0 radical (unpaired) electrons. The molecule has 0 aliphatic carbocycles. The van der Waals surface area contributed by atoms with E-state index >= 15 is 0 Å². The molecule has 0 bridgehead atoms. The highest BCUT2D eigenvalue weighted by Gasteiger charge is 2.34. The maximum atomic E-state index is 12.9. The first-order valence-electron chi connectivity index (χ1n) is 10.6. The maximum Gasteiger partial charge on any atom is 0.282 e. The molecule has 1 saturated heterocycles. The van der Waals surface area contributed by atoms with Crippen LogP contribution in [0.25, 0.3) is 6.08 Å². The molecule has 1 heterocycles. The summed E-state index contributed by atoms with van der Waals surface area (Å²) in [5, 5.41) is 1.25. The molecule has 1 aliphatic rings. The number of anilines is 1. The van der Waals surface area contributed by atoms with E-state index in [9.17, 15) is 9.59 Å². The summed E-state index contributed by atoms with van der Waals surface area (Å²) >= 11 is 3.45. The highest BCUT2D eigenvalue weighted by Crippen LogP contribution is 2.28. The van der Waals surface area contributed by atoms with Crippen molar-refractivity contribution < 1.29 is 19.1 Å². The van der Waals surface area contributed by atoms with Gasteiger partial charge in [-0.3, -0.25) is 15.0 Å². The lowest BCUT2D eigenvalue weighted by atomic mass is 10.1. The van der Waals surface area contributed by atoms with Crippen LogP contribution in [-0.4, -0.2) is 25.0 Å². The largest absolute Gasteiger partial charge is 0.493 e. The van der Waals surface area contributed by atoms with Gasteiger partial charge in [-0.05, 0) is 61.0 Å². The zero-order valence-electron chi connectivity index (χ0n) is 18.1. The number of carbonyl (C=O) groups is 2. The van der Waals surface area contributed by atoms with Crippen LogP contribution in [-0.2, 0) is 9.59 Å². The number of para-hydroxylation sites is 1. The Kier molecular flexibility index (Phi) is 7.10. The number of hydrogen-bond acceptors (Lipinski definition) is 4. The number of carbonyl (C=O) groups excluding carboxylic acids is 2. The van der Waals surface area contributed by atoms with Crippen molar-refractivity contribution in [3.05, 3.63) is 94.0 Å². The summed E-state index contributed by atoms with van der Waals surface area (Å²) in [6.45, 7) is 2.97. The first-order valence-corrected chi connectivity index (χ1v) is 11.3. The molecule has 0 atom stereocenters. The first-order chi connectivity index (χ1) is 16.0. The van der Waals surface area contributed by atoms with Gasteiger partial charge in [-0.15, -0.1) is 0 Å². The fourth-order valence-corrected chi connectivity index (χ4v) is 3.75. The molecular formula is C26H23BrN2O4. The standard InChI is InChI=1S/C26H23BrN2O4/c1-18-7-5-10-22(15-18)32-13-6-14-33-24-12-11-20(27)16-19(24)17-23-25(30)28-29(26(23)31)21-8-3-2-4-9-21/h2-5,7-12,15-17H,6,13-14H2,1H3,(H,28,30). The monoisotopic (exact) mass is 506 g/mol. The quantitative estimate of drug-likeness (QED) is 0.263. The minimum absolute atomic E-state index is 0.0459.